The standard InChI is InChI=1S/C14H22FNOS/c1-11(16-8-4-5-9-18-3)13-10-12(15)6-7-14(13)17-2/h6-7,10-11,16H,4-5,8-9H2,1-3H3. The summed E-state index contributed by atoms with van der Waals surface area (Å²) in [6.45, 7) is 2.98. The first-order valence-corrected chi connectivity index (χ1v) is 7.64. The lowest BCUT2D eigenvalue weighted by Crippen LogP contribution is -2.20. The van der Waals surface area contributed by atoms with Crippen molar-refractivity contribution in [2.24, 2.45) is 0 Å². The normalized spacial score (nSPS) is 12.4. The number of methoxy groups -OCH3 is 1. The maximum absolute atomic E-state index is 13.2. The van der Waals surface area contributed by atoms with Crippen LogP contribution in [0.25, 0.3) is 0 Å². The van der Waals surface area contributed by atoms with Crippen LogP contribution in [0.15, 0.2) is 18.2 Å². The van der Waals surface area contributed by atoms with E-state index in [1.54, 1.807) is 19.2 Å². The lowest BCUT2D eigenvalue weighted by molar-refractivity contribution is 0.399. The molecule has 18 heavy (non-hydrogen) atoms. The highest BCUT2D eigenvalue weighted by atomic mass is 32.2. The summed E-state index contributed by atoms with van der Waals surface area (Å²) in [5.41, 5.74) is 0.877. The van der Waals surface area contributed by atoms with Crippen LogP contribution in [0.2, 0.25) is 0 Å². The van der Waals surface area contributed by atoms with Gasteiger partial charge in [0.15, 0.2) is 0 Å². The first-order chi connectivity index (χ1) is 8.69. The van der Waals surface area contributed by atoms with E-state index in [1.165, 1.54) is 18.2 Å². The van der Waals surface area contributed by atoms with E-state index in [2.05, 4.69) is 11.6 Å². The van der Waals surface area contributed by atoms with E-state index >= 15 is 0 Å². The Morgan fingerprint density at radius 3 is 2.83 bits per heavy atom. The fourth-order valence-corrected chi connectivity index (χ4v) is 2.34. The number of nitrogens with one attached hydrogen (secondary N) is 1. The van der Waals surface area contributed by atoms with E-state index in [9.17, 15) is 4.39 Å². The molecule has 102 valence electrons. The maximum atomic E-state index is 13.2. The summed E-state index contributed by atoms with van der Waals surface area (Å²) >= 11 is 1.87. The quantitative estimate of drug-likeness (QED) is 0.730. The van der Waals surface area contributed by atoms with Gasteiger partial charge in [0.25, 0.3) is 0 Å². The lowest BCUT2D eigenvalue weighted by Gasteiger charge is -2.17. The fraction of sp³-hybridized carbons (Fsp3) is 0.571. The Labute approximate surface area is 113 Å². The molecule has 0 amide bonds. The van der Waals surface area contributed by atoms with Gasteiger partial charge in [-0.25, -0.2) is 4.39 Å². The molecule has 1 rings (SSSR count). The molecule has 2 nitrogen and oxygen atoms in total. The molecule has 1 unspecified atom stereocenters. The fourth-order valence-electron chi connectivity index (χ4n) is 1.84. The van der Waals surface area contributed by atoms with Crippen molar-refractivity contribution in [3.8, 4) is 5.75 Å². The SMILES string of the molecule is COc1ccc(F)cc1C(C)NCCCCSC. The highest BCUT2D eigenvalue weighted by molar-refractivity contribution is 7.98. The van der Waals surface area contributed by atoms with Crippen molar-refractivity contribution in [3.63, 3.8) is 0 Å². The molecule has 0 aliphatic carbocycles. The molecule has 1 aromatic rings. The summed E-state index contributed by atoms with van der Waals surface area (Å²) in [5.74, 6) is 1.71. The Bertz CT molecular complexity index is 360. The van der Waals surface area contributed by atoms with Gasteiger partial charge in [0, 0.05) is 11.6 Å². The zero-order valence-corrected chi connectivity index (χ0v) is 12.1. The van der Waals surface area contributed by atoms with Crippen molar-refractivity contribution in [1.29, 1.82) is 0 Å². The van der Waals surface area contributed by atoms with Gasteiger partial charge < -0.3 is 10.1 Å². The minimum atomic E-state index is -0.221. The maximum Gasteiger partial charge on any atom is 0.123 e. The summed E-state index contributed by atoms with van der Waals surface area (Å²) in [6.07, 6.45) is 4.47. The van der Waals surface area contributed by atoms with Gasteiger partial charge in [-0.2, -0.15) is 11.8 Å². The Morgan fingerprint density at radius 2 is 2.17 bits per heavy atom. The van der Waals surface area contributed by atoms with Crippen molar-refractivity contribution in [1.82, 2.24) is 5.32 Å². The minimum Gasteiger partial charge on any atom is -0.496 e. The molecule has 0 aliphatic heterocycles. The first kappa shape index (κ1) is 15.3. The van der Waals surface area contributed by atoms with Gasteiger partial charge in [-0.15, -0.1) is 0 Å². The third-order valence-corrected chi connectivity index (χ3v) is 3.58. The minimum absolute atomic E-state index is 0.102. The predicted octanol–water partition coefficient (Wildman–Crippen LogP) is 3.63. The van der Waals surface area contributed by atoms with E-state index in [0.717, 1.165) is 24.3 Å². The Hall–Kier alpha value is -0.740. The number of benzene rings is 1. The van der Waals surface area contributed by atoms with Gasteiger partial charge >= 0.3 is 0 Å². The lowest BCUT2D eigenvalue weighted by atomic mass is 10.1. The average molecular weight is 271 g/mol. The third kappa shape index (κ3) is 4.86. The zero-order valence-electron chi connectivity index (χ0n) is 11.3. The molecule has 0 heterocycles. The van der Waals surface area contributed by atoms with Crippen LogP contribution in [0.5, 0.6) is 5.75 Å². The molecular weight excluding hydrogens is 249 g/mol. The second-order valence-corrected chi connectivity index (χ2v) is 5.25. The number of thioether (sulfide) groups is 1. The monoisotopic (exact) mass is 271 g/mol. The van der Waals surface area contributed by atoms with Crippen molar-refractivity contribution in [2.75, 3.05) is 25.7 Å². The van der Waals surface area contributed by atoms with Crippen LogP contribution in [0, 0.1) is 5.82 Å². The molecule has 1 N–H and O–H groups in total. The van der Waals surface area contributed by atoms with Crippen molar-refractivity contribution >= 4 is 11.8 Å². The molecule has 4 heteroatoms. The predicted molar refractivity (Wildman–Crippen MR) is 77.0 cm³/mol. The highest BCUT2D eigenvalue weighted by Gasteiger charge is 2.11. The summed E-state index contributed by atoms with van der Waals surface area (Å²) in [6, 6.07) is 4.74. The second-order valence-electron chi connectivity index (χ2n) is 4.26. The van der Waals surface area contributed by atoms with Crippen molar-refractivity contribution < 1.29 is 9.13 Å². The molecular formula is C14H22FNOS. The largest absolute Gasteiger partial charge is 0.496 e. The van der Waals surface area contributed by atoms with Crippen molar-refractivity contribution in [3.05, 3.63) is 29.6 Å². The summed E-state index contributed by atoms with van der Waals surface area (Å²) in [4.78, 5) is 0. The van der Waals surface area contributed by atoms with Crippen molar-refractivity contribution in [2.45, 2.75) is 25.8 Å². The van der Waals surface area contributed by atoms with Crippen LogP contribution in [-0.2, 0) is 0 Å². The third-order valence-electron chi connectivity index (χ3n) is 2.88. The van der Waals surface area contributed by atoms with E-state index in [0.29, 0.717) is 0 Å². The number of rotatable bonds is 8. The van der Waals surface area contributed by atoms with Crippen LogP contribution in [0.3, 0.4) is 0 Å². The number of hydrogen-bond donors (Lipinski definition) is 1. The van der Waals surface area contributed by atoms with Crippen LogP contribution in [-0.4, -0.2) is 25.7 Å². The van der Waals surface area contributed by atoms with Gasteiger partial charge in [-0.05, 0) is 56.5 Å². The van der Waals surface area contributed by atoms with Gasteiger partial charge in [0.1, 0.15) is 11.6 Å². The number of halogens is 1. The second kappa shape index (κ2) is 8.38. The van der Waals surface area contributed by atoms with E-state index in [4.69, 9.17) is 4.74 Å². The Morgan fingerprint density at radius 1 is 1.39 bits per heavy atom. The topological polar surface area (TPSA) is 21.3 Å². The van der Waals surface area contributed by atoms with Gasteiger partial charge in [-0.1, -0.05) is 0 Å². The number of hydrogen-bond acceptors (Lipinski definition) is 3. The molecule has 0 radical (unpaired) electrons. The smallest absolute Gasteiger partial charge is 0.123 e. The number of ether oxygens (including phenoxy) is 1. The van der Waals surface area contributed by atoms with Crippen LogP contribution in [0.1, 0.15) is 31.4 Å². The average Bonchev–Trinajstić information content (AvgIpc) is 2.38. The zero-order chi connectivity index (χ0) is 13.4. The van der Waals surface area contributed by atoms with Gasteiger partial charge in [0.05, 0.1) is 7.11 Å². The van der Waals surface area contributed by atoms with E-state index < -0.39 is 0 Å². The number of unbranched alkanes of at least 4 members (excludes halogenated alkanes) is 1. The molecule has 0 aliphatic rings. The Balaban J connectivity index is 2.49. The van der Waals surface area contributed by atoms with Gasteiger partial charge in [-0.3, -0.25) is 0 Å². The van der Waals surface area contributed by atoms with Crippen LogP contribution < -0.4 is 10.1 Å². The molecule has 0 saturated heterocycles. The molecule has 1 aromatic carbocycles. The summed E-state index contributed by atoms with van der Waals surface area (Å²) in [5, 5.41) is 3.40. The molecule has 1 atom stereocenters. The van der Waals surface area contributed by atoms with E-state index in [1.807, 2.05) is 18.7 Å². The van der Waals surface area contributed by atoms with Crippen LogP contribution in [0.4, 0.5) is 4.39 Å². The van der Waals surface area contributed by atoms with Crippen LogP contribution >= 0.6 is 11.8 Å². The Kier molecular flexibility index (Phi) is 7.13. The first-order valence-electron chi connectivity index (χ1n) is 6.24. The summed E-state index contributed by atoms with van der Waals surface area (Å²) < 4.78 is 18.5. The molecule has 0 saturated carbocycles. The molecule has 0 aromatic heterocycles. The molecule has 0 bridgehead atoms. The summed E-state index contributed by atoms with van der Waals surface area (Å²) in [7, 11) is 1.61. The highest BCUT2D eigenvalue weighted by Crippen LogP contribution is 2.25. The molecule has 0 spiro atoms. The van der Waals surface area contributed by atoms with E-state index in [-0.39, 0.29) is 11.9 Å². The van der Waals surface area contributed by atoms with Gasteiger partial charge in [0.2, 0.25) is 0 Å². The molecule has 0 fully saturated rings.